The summed E-state index contributed by atoms with van der Waals surface area (Å²) < 4.78 is 18.7. The van der Waals surface area contributed by atoms with Gasteiger partial charge in [-0.1, -0.05) is 12.1 Å². The summed E-state index contributed by atoms with van der Waals surface area (Å²) in [6.45, 7) is 3.71. The Hall–Kier alpha value is -2.36. The summed E-state index contributed by atoms with van der Waals surface area (Å²) >= 11 is 0. The molecule has 3 nitrogen and oxygen atoms in total. The van der Waals surface area contributed by atoms with E-state index >= 15 is 0 Å². The van der Waals surface area contributed by atoms with Crippen molar-refractivity contribution in [2.24, 2.45) is 0 Å². The molecule has 2 aromatic carbocycles. The number of aromatic hydroxyl groups is 1. The van der Waals surface area contributed by atoms with Gasteiger partial charge in [0.05, 0.1) is 12.2 Å². The number of halogens is 1. The van der Waals surface area contributed by atoms with Gasteiger partial charge in [0, 0.05) is 0 Å². The quantitative estimate of drug-likeness (QED) is 0.868. The monoisotopic (exact) mass is 274 g/mol. The highest BCUT2D eigenvalue weighted by Crippen LogP contribution is 2.27. The maximum atomic E-state index is 13.9. The van der Waals surface area contributed by atoms with Crippen LogP contribution in [0, 0.1) is 12.7 Å². The van der Waals surface area contributed by atoms with Crippen molar-refractivity contribution in [2.75, 3.05) is 6.61 Å². The zero-order chi connectivity index (χ0) is 14.7. The van der Waals surface area contributed by atoms with Crippen LogP contribution in [0.25, 0.3) is 11.1 Å². The Kier molecular flexibility index (Phi) is 4.03. The summed E-state index contributed by atoms with van der Waals surface area (Å²) in [6, 6.07) is 9.28. The average Bonchev–Trinajstić information content (AvgIpc) is 2.37. The molecule has 4 heteroatoms. The largest absolute Gasteiger partial charge is 0.508 e. The van der Waals surface area contributed by atoms with Crippen LogP contribution in [0.4, 0.5) is 4.39 Å². The van der Waals surface area contributed by atoms with Crippen molar-refractivity contribution in [1.82, 2.24) is 0 Å². The third-order valence-electron chi connectivity index (χ3n) is 2.86. The molecule has 0 aliphatic rings. The lowest BCUT2D eigenvalue weighted by Crippen LogP contribution is -2.07. The van der Waals surface area contributed by atoms with Gasteiger partial charge in [-0.15, -0.1) is 0 Å². The molecule has 0 saturated heterocycles. The third kappa shape index (κ3) is 2.96. The van der Waals surface area contributed by atoms with E-state index in [1.165, 1.54) is 12.1 Å². The fraction of sp³-hybridized carbons (Fsp3) is 0.188. The zero-order valence-corrected chi connectivity index (χ0v) is 11.3. The van der Waals surface area contributed by atoms with E-state index in [1.54, 1.807) is 25.1 Å². The Morgan fingerprint density at radius 2 is 1.95 bits per heavy atom. The van der Waals surface area contributed by atoms with Crippen LogP contribution in [0.3, 0.4) is 0 Å². The van der Waals surface area contributed by atoms with Gasteiger partial charge in [-0.05, 0) is 54.8 Å². The summed E-state index contributed by atoms with van der Waals surface area (Å²) in [5.41, 5.74) is 2.06. The van der Waals surface area contributed by atoms with Crippen molar-refractivity contribution in [2.45, 2.75) is 13.8 Å². The van der Waals surface area contributed by atoms with Crippen LogP contribution in [0.1, 0.15) is 22.8 Å². The predicted octanol–water partition coefficient (Wildman–Crippen LogP) is 3.68. The molecule has 0 aliphatic carbocycles. The number of ether oxygens (including phenoxy) is 1. The number of carbonyl (C=O) groups is 1. The minimum Gasteiger partial charge on any atom is -0.508 e. The Labute approximate surface area is 116 Å². The van der Waals surface area contributed by atoms with Gasteiger partial charge in [-0.3, -0.25) is 0 Å². The van der Waals surface area contributed by atoms with Crippen molar-refractivity contribution >= 4 is 5.97 Å². The van der Waals surface area contributed by atoms with Gasteiger partial charge >= 0.3 is 5.97 Å². The molecule has 0 heterocycles. The molecular formula is C16H15FO3. The third-order valence-corrected chi connectivity index (χ3v) is 2.86. The summed E-state index contributed by atoms with van der Waals surface area (Å²) in [5.74, 6) is -1.19. The molecule has 0 fully saturated rings. The predicted molar refractivity (Wildman–Crippen MR) is 74.2 cm³/mol. The maximum absolute atomic E-state index is 13.9. The van der Waals surface area contributed by atoms with Gasteiger partial charge in [0.1, 0.15) is 11.6 Å². The topological polar surface area (TPSA) is 46.5 Å². The summed E-state index contributed by atoms with van der Waals surface area (Å²) in [6.07, 6.45) is 0. The molecule has 0 saturated carbocycles. The Balaban J connectivity index is 2.40. The lowest BCUT2D eigenvalue weighted by Gasteiger charge is -2.07. The van der Waals surface area contributed by atoms with E-state index in [9.17, 15) is 14.3 Å². The number of benzene rings is 2. The van der Waals surface area contributed by atoms with Crippen LogP contribution >= 0.6 is 0 Å². The van der Waals surface area contributed by atoms with Gasteiger partial charge in [0.15, 0.2) is 0 Å². The minimum atomic E-state index is -0.677. The van der Waals surface area contributed by atoms with Crippen LogP contribution in [-0.2, 0) is 4.74 Å². The van der Waals surface area contributed by atoms with Gasteiger partial charge < -0.3 is 9.84 Å². The van der Waals surface area contributed by atoms with Gasteiger partial charge in [0.2, 0.25) is 0 Å². The molecule has 0 atom stereocenters. The van der Waals surface area contributed by atoms with Gasteiger partial charge in [-0.2, -0.15) is 0 Å². The Morgan fingerprint density at radius 1 is 1.20 bits per heavy atom. The molecule has 2 aromatic rings. The molecular weight excluding hydrogens is 259 g/mol. The van der Waals surface area contributed by atoms with E-state index in [1.807, 2.05) is 13.0 Å². The average molecular weight is 274 g/mol. The first-order valence-corrected chi connectivity index (χ1v) is 6.29. The SMILES string of the molecule is CCOC(=O)c1ccc(-c2cc(C)cc(O)c2)cc1F. The second kappa shape index (κ2) is 5.74. The first-order valence-electron chi connectivity index (χ1n) is 6.29. The highest BCUT2D eigenvalue weighted by atomic mass is 19.1. The molecule has 0 spiro atoms. The summed E-state index contributed by atoms with van der Waals surface area (Å²) in [4.78, 5) is 11.5. The Bertz CT molecular complexity index is 630. The molecule has 0 aromatic heterocycles. The fourth-order valence-corrected chi connectivity index (χ4v) is 2.00. The van der Waals surface area contributed by atoms with E-state index in [2.05, 4.69) is 0 Å². The van der Waals surface area contributed by atoms with Crippen molar-refractivity contribution < 1.29 is 19.0 Å². The molecule has 2 rings (SSSR count). The van der Waals surface area contributed by atoms with E-state index in [4.69, 9.17) is 4.74 Å². The number of esters is 1. The van der Waals surface area contributed by atoms with Crippen LogP contribution in [0.5, 0.6) is 5.75 Å². The summed E-state index contributed by atoms with van der Waals surface area (Å²) in [7, 11) is 0. The fourth-order valence-electron chi connectivity index (χ4n) is 2.00. The zero-order valence-electron chi connectivity index (χ0n) is 11.3. The number of aryl methyl sites for hydroxylation is 1. The number of carbonyl (C=O) groups excluding carboxylic acids is 1. The van der Waals surface area contributed by atoms with Gasteiger partial charge in [0.25, 0.3) is 0 Å². The molecule has 104 valence electrons. The minimum absolute atomic E-state index is 0.0903. The number of phenols is 1. The van der Waals surface area contributed by atoms with E-state index < -0.39 is 11.8 Å². The standard InChI is InChI=1S/C16H15FO3/c1-3-20-16(19)14-5-4-11(9-15(14)17)12-6-10(2)7-13(18)8-12/h4-9,18H,3H2,1-2H3. The summed E-state index contributed by atoms with van der Waals surface area (Å²) in [5, 5.41) is 9.57. The first kappa shape index (κ1) is 14.1. The van der Waals surface area contributed by atoms with Crippen molar-refractivity contribution in [1.29, 1.82) is 0 Å². The molecule has 0 amide bonds. The van der Waals surface area contributed by atoms with E-state index in [-0.39, 0.29) is 17.9 Å². The molecule has 0 aliphatic heterocycles. The van der Waals surface area contributed by atoms with Crippen LogP contribution in [0.15, 0.2) is 36.4 Å². The van der Waals surface area contributed by atoms with Crippen LogP contribution in [0.2, 0.25) is 0 Å². The Morgan fingerprint density at radius 3 is 2.55 bits per heavy atom. The molecule has 0 bridgehead atoms. The number of phenolic OH excluding ortho intramolecular Hbond substituents is 1. The lowest BCUT2D eigenvalue weighted by molar-refractivity contribution is 0.0521. The molecule has 1 N–H and O–H groups in total. The van der Waals surface area contributed by atoms with Crippen molar-refractivity contribution in [3.05, 3.63) is 53.3 Å². The highest BCUT2D eigenvalue weighted by Gasteiger charge is 2.13. The second-order valence-corrected chi connectivity index (χ2v) is 4.47. The van der Waals surface area contributed by atoms with Crippen molar-refractivity contribution in [3.63, 3.8) is 0 Å². The number of hydrogen-bond acceptors (Lipinski definition) is 3. The van der Waals surface area contributed by atoms with Crippen LogP contribution < -0.4 is 0 Å². The molecule has 0 radical (unpaired) electrons. The second-order valence-electron chi connectivity index (χ2n) is 4.47. The first-order chi connectivity index (χ1) is 9.51. The lowest BCUT2D eigenvalue weighted by atomic mass is 10.0. The normalized spacial score (nSPS) is 10.3. The maximum Gasteiger partial charge on any atom is 0.341 e. The smallest absolute Gasteiger partial charge is 0.341 e. The van der Waals surface area contributed by atoms with Gasteiger partial charge in [-0.25, -0.2) is 9.18 Å². The molecule has 20 heavy (non-hydrogen) atoms. The number of rotatable bonds is 3. The van der Waals surface area contributed by atoms with E-state index in [0.29, 0.717) is 11.1 Å². The van der Waals surface area contributed by atoms with Crippen LogP contribution in [-0.4, -0.2) is 17.7 Å². The highest BCUT2D eigenvalue weighted by molar-refractivity contribution is 5.90. The molecule has 0 unspecified atom stereocenters. The van der Waals surface area contributed by atoms with E-state index in [0.717, 1.165) is 5.56 Å². The van der Waals surface area contributed by atoms with Crippen molar-refractivity contribution in [3.8, 4) is 16.9 Å². The number of hydrogen-bond donors (Lipinski definition) is 1.